The Bertz CT molecular complexity index is 1360. The van der Waals surface area contributed by atoms with Crippen molar-refractivity contribution in [3.8, 4) is 17.2 Å². The number of carbonyl (C=O) groups is 1. The highest BCUT2D eigenvalue weighted by Gasteiger charge is 2.46. The van der Waals surface area contributed by atoms with E-state index >= 15 is 0 Å². The second-order valence-corrected chi connectivity index (χ2v) is 10.0. The van der Waals surface area contributed by atoms with E-state index in [1.165, 1.54) is 0 Å². The fourth-order valence-corrected chi connectivity index (χ4v) is 5.67. The first-order chi connectivity index (χ1) is 18.5. The summed E-state index contributed by atoms with van der Waals surface area (Å²) >= 11 is 5.60. The molecular formula is C30H34N4O3S. The van der Waals surface area contributed by atoms with E-state index in [9.17, 15) is 9.90 Å². The summed E-state index contributed by atoms with van der Waals surface area (Å²) in [7, 11) is 0. The fraction of sp³-hybridized carbons (Fsp3) is 0.333. The number of rotatable bonds is 8. The van der Waals surface area contributed by atoms with Crippen molar-refractivity contribution < 1.29 is 14.6 Å². The number of phenols is 1. The monoisotopic (exact) mass is 530 g/mol. The number of hydrogen-bond acceptors (Lipinski definition) is 5. The molecule has 2 unspecified atom stereocenters. The summed E-state index contributed by atoms with van der Waals surface area (Å²) in [5, 5.41) is 15.6. The molecule has 0 bridgehead atoms. The van der Waals surface area contributed by atoms with Gasteiger partial charge in [0.2, 0.25) is 0 Å². The standard InChI is InChI=1S/C30H34N4O3S/c1-4-7-16-31-30(38)32-34-28(21-10-8-9-11-22(21)29(34)36)27-23-14-13-20(35)18-26(23)37-25-15-12-19(17-24(25)27)33(5-2)6-3/h8-15,17-18,27-28,35H,4-7,16H2,1-3H3,(H2,31,32,38). The predicted octanol–water partition coefficient (Wildman–Crippen LogP) is 5.85. The van der Waals surface area contributed by atoms with Crippen LogP contribution in [0.25, 0.3) is 0 Å². The van der Waals surface area contributed by atoms with Crippen molar-refractivity contribution in [2.24, 2.45) is 0 Å². The van der Waals surface area contributed by atoms with E-state index in [0.29, 0.717) is 22.2 Å². The number of amides is 1. The van der Waals surface area contributed by atoms with Crippen LogP contribution in [-0.4, -0.2) is 40.8 Å². The maximum atomic E-state index is 13.8. The molecule has 7 nitrogen and oxygen atoms in total. The lowest BCUT2D eigenvalue weighted by Gasteiger charge is -2.37. The molecule has 0 aliphatic carbocycles. The molecule has 8 heteroatoms. The first-order valence-corrected chi connectivity index (χ1v) is 13.7. The van der Waals surface area contributed by atoms with Crippen molar-refractivity contribution in [1.82, 2.24) is 15.8 Å². The predicted molar refractivity (Wildman–Crippen MR) is 154 cm³/mol. The van der Waals surface area contributed by atoms with Gasteiger partial charge >= 0.3 is 0 Å². The largest absolute Gasteiger partial charge is 0.508 e. The zero-order chi connectivity index (χ0) is 26.8. The van der Waals surface area contributed by atoms with Crippen LogP contribution in [0.2, 0.25) is 0 Å². The smallest absolute Gasteiger partial charge is 0.273 e. The Kier molecular flexibility index (Phi) is 7.42. The number of nitrogens with zero attached hydrogens (tertiary/aromatic N) is 2. The molecule has 2 atom stereocenters. The SMILES string of the molecule is CCCCNC(=S)NN1C(=O)c2ccccc2C1C1c2ccc(O)cc2Oc2ccc(N(CC)CC)cc21. The number of aromatic hydroxyl groups is 1. The normalized spacial score (nSPS) is 17.2. The minimum atomic E-state index is -0.387. The average Bonchev–Trinajstić information content (AvgIpc) is 3.19. The van der Waals surface area contributed by atoms with Crippen LogP contribution in [0.1, 0.15) is 72.6 Å². The lowest BCUT2D eigenvalue weighted by molar-refractivity contribution is 0.0646. The van der Waals surface area contributed by atoms with Gasteiger partial charge in [-0.1, -0.05) is 37.6 Å². The van der Waals surface area contributed by atoms with E-state index in [-0.39, 0.29) is 23.6 Å². The molecule has 3 aromatic rings. The maximum absolute atomic E-state index is 13.8. The Balaban J connectivity index is 1.65. The van der Waals surface area contributed by atoms with Crippen LogP contribution in [0.15, 0.2) is 60.7 Å². The summed E-state index contributed by atoms with van der Waals surface area (Å²) in [5.74, 6) is 1.04. The van der Waals surface area contributed by atoms with Crippen LogP contribution in [0, 0.1) is 0 Å². The average molecular weight is 531 g/mol. The fourth-order valence-electron chi connectivity index (χ4n) is 5.47. The summed E-state index contributed by atoms with van der Waals surface area (Å²) in [6.07, 6.45) is 2.03. The highest BCUT2D eigenvalue weighted by molar-refractivity contribution is 7.80. The molecule has 2 aliphatic rings. The molecule has 5 rings (SSSR count). The number of thiocarbonyl (C=S) groups is 1. The van der Waals surface area contributed by atoms with Gasteiger partial charge in [-0.25, -0.2) is 5.01 Å². The molecule has 3 aromatic carbocycles. The Morgan fingerprint density at radius 2 is 1.79 bits per heavy atom. The summed E-state index contributed by atoms with van der Waals surface area (Å²) in [4.78, 5) is 16.0. The molecule has 3 N–H and O–H groups in total. The van der Waals surface area contributed by atoms with E-state index in [0.717, 1.165) is 54.9 Å². The van der Waals surface area contributed by atoms with Gasteiger partial charge in [0.15, 0.2) is 5.11 Å². The lowest BCUT2D eigenvalue weighted by Crippen LogP contribution is -2.50. The number of fused-ring (bicyclic) bond motifs is 3. The number of phenolic OH excluding ortho intramolecular Hbond substituents is 1. The number of nitrogens with one attached hydrogen (secondary N) is 2. The Hall–Kier alpha value is -3.78. The van der Waals surface area contributed by atoms with Gasteiger partial charge in [-0.15, -0.1) is 0 Å². The van der Waals surface area contributed by atoms with Crippen LogP contribution in [0.5, 0.6) is 17.2 Å². The summed E-state index contributed by atoms with van der Waals surface area (Å²) in [5.41, 5.74) is 7.77. The highest BCUT2D eigenvalue weighted by Crippen LogP contribution is 2.54. The van der Waals surface area contributed by atoms with Crippen molar-refractivity contribution in [1.29, 1.82) is 0 Å². The van der Waals surface area contributed by atoms with Crippen molar-refractivity contribution in [2.45, 2.75) is 45.6 Å². The van der Waals surface area contributed by atoms with E-state index in [1.807, 2.05) is 36.4 Å². The van der Waals surface area contributed by atoms with Crippen molar-refractivity contribution >= 4 is 28.9 Å². The van der Waals surface area contributed by atoms with Gasteiger partial charge < -0.3 is 20.1 Å². The Morgan fingerprint density at radius 1 is 1.00 bits per heavy atom. The van der Waals surface area contributed by atoms with Crippen molar-refractivity contribution in [2.75, 3.05) is 24.5 Å². The minimum Gasteiger partial charge on any atom is -0.508 e. The third-order valence-corrected chi connectivity index (χ3v) is 7.61. The molecular weight excluding hydrogens is 496 g/mol. The van der Waals surface area contributed by atoms with Crippen LogP contribution in [0.4, 0.5) is 5.69 Å². The van der Waals surface area contributed by atoms with Crippen LogP contribution >= 0.6 is 12.2 Å². The van der Waals surface area contributed by atoms with E-state index in [4.69, 9.17) is 17.0 Å². The molecule has 0 saturated carbocycles. The zero-order valence-electron chi connectivity index (χ0n) is 22.0. The van der Waals surface area contributed by atoms with Crippen LogP contribution in [-0.2, 0) is 0 Å². The van der Waals surface area contributed by atoms with E-state index in [2.05, 4.69) is 48.5 Å². The molecule has 0 fully saturated rings. The summed E-state index contributed by atoms with van der Waals surface area (Å²) < 4.78 is 6.31. The Morgan fingerprint density at radius 3 is 2.55 bits per heavy atom. The van der Waals surface area contributed by atoms with Crippen LogP contribution in [0.3, 0.4) is 0 Å². The summed E-state index contributed by atoms with van der Waals surface area (Å²) in [6, 6.07) is 18.8. The maximum Gasteiger partial charge on any atom is 0.273 e. The highest BCUT2D eigenvalue weighted by atomic mass is 32.1. The zero-order valence-corrected chi connectivity index (χ0v) is 22.8. The molecule has 2 heterocycles. The molecule has 198 valence electrons. The summed E-state index contributed by atoms with van der Waals surface area (Å²) in [6.45, 7) is 8.89. The minimum absolute atomic E-state index is 0.126. The lowest BCUT2D eigenvalue weighted by atomic mass is 9.79. The molecule has 0 radical (unpaired) electrons. The first kappa shape index (κ1) is 25.9. The van der Waals surface area contributed by atoms with Gasteiger partial charge in [0.25, 0.3) is 5.91 Å². The van der Waals surface area contributed by atoms with Gasteiger partial charge in [0.05, 0.1) is 6.04 Å². The number of hydrazine groups is 1. The third kappa shape index (κ3) is 4.65. The van der Waals surface area contributed by atoms with Gasteiger partial charge in [0, 0.05) is 54.0 Å². The molecule has 38 heavy (non-hydrogen) atoms. The first-order valence-electron chi connectivity index (χ1n) is 13.3. The molecule has 0 aromatic heterocycles. The van der Waals surface area contributed by atoms with E-state index in [1.54, 1.807) is 17.1 Å². The molecule has 2 aliphatic heterocycles. The molecule has 1 amide bonds. The topological polar surface area (TPSA) is 77.1 Å². The number of anilines is 1. The number of hydrogen-bond donors (Lipinski definition) is 3. The second kappa shape index (κ2) is 10.9. The quantitative estimate of drug-likeness (QED) is 0.249. The van der Waals surface area contributed by atoms with Crippen molar-refractivity contribution in [3.05, 3.63) is 82.9 Å². The van der Waals surface area contributed by atoms with Gasteiger partial charge in [-0.3, -0.25) is 10.2 Å². The Labute approximate surface area is 229 Å². The number of carbonyl (C=O) groups excluding carboxylic acids is 1. The second-order valence-electron chi connectivity index (χ2n) is 9.62. The van der Waals surface area contributed by atoms with Gasteiger partial charge in [0.1, 0.15) is 17.2 Å². The van der Waals surface area contributed by atoms with Gasteiger partial charge in [-0.2, -0.15) is 0 Å². The number of ether oxygens (including phenoxy) is 1. The van der Waals surface area contributed by atoms with Crippen molar-refractivity contribution in [3.63, 3.8) is 0 Å². The number of benzene rings is 3. The third-order valence-electron chi connectivity index (χ3n) is 7.37. The molecule has 0 spiro atoms. The van der Waals surface area contributed by atoms with Gasteiger partial charge in [-0.05, 0) is 68.4 Å². The molecule has 0 saturated heterocycles. The van der Waals surface area contributed by atoms with E-state index < -0.39 is 0 Å². The van der Waals surface area contributed by atoms with Crippen LogP contribution < -0.4 is 20.4 Å². The number of unbranched alkanes of at least 4 members (excludes halogenated alkanes) is 1.